The van der Waals surface area contributed by atoms with Crippen LogP contribution in [0, 0.1) is 5.82 Å². The number of nitrogens with zero attached hydrogens (tertiary/aromatic N) is 6. The second kappa shape index (κ2) is 8.01. The number of aromatic nitrogens is 6. The molecule has 10 heteroatoms. The van der Waals surface area contributed by atoms with Gasteiger partial charge in [-0.05, 0) is 30.5 Å². The number of hydrogen-bond donors (Lipinski definition) is 0. The summed E-state index contributed by atoms with van der Waals surface area (Å²) in [6.45, 7) is 4.06. The van der Waals surface area contributed by atoms with Gasteiger partial charge in [-0.3, -0.25) is 9.36 Å². The first-order valence-electron chi connectivity index (χ1n) is 10.1. The number of rotatable bonds is 4. The predicted octanol–water partition coefficient (Wildman–Crippen LogP) is 3.47. The van der Waals surface area contributed by atoms with Gasteiger partial charge < -0.3 is 9.09 Å². The molecule has 0 N–H and O–H groups in total. The van der Waals surface area contributed by atoms with Crippen molar-refractivity contribution < 1.29 is 13.3 Å². The molecule has 0 radical (unpaired) electrons. The highest BCUT2D eigenvalue weighted by atomic mass is 19.1. The van der Waals surface area contributed by atoms with Crippen LogP contribution >= 0.6 is 0 Å². The SMILES string of the molecule is CC.Cn1cnc2ncn(Cc3nc(C4CC(F)(c5ccc(F)cc5)C4)no3)c(=O)c21. The van der Waals surface area contributed by atoms with Crippen LogP contribution < -0.4 is 5.56 Å². The Labute approximate surface area is 176 Å². The summed E-state index contributed by atoms with van der Waals surface area (Å²) in [6, 6.07) is 5.42. The lowest BCUT2D eigenvalue weighted by Gasteiger charge is -2.40. The number of hydrogen-bond acceptors (Lipinski definition) is 6. The minimum absolute atomic E-state index is 0.0609. The van der Waals surface area contributed by atoms with Gasteiger partial charge in [0.2, 0.25) is 5.89 Å². The second-order valence-electron chi connectivity index (χ2n) is 7.33. The van der Waals surface area contributed by atoms with Crippen LogP contribution in [0.3, 0.4) is 0 Å². The summed E-state index contributed by atoms with van der Waals surface area (Å²) < 4.78 is 36.3. The lowest BCUT2D eigenvalue weighted by molar-refractivity contribution is 0.0335. The standard InChI is InChI=1S/C19H16F2N6O2.C2H6/c1-26-9-22-17-15(26)18(28)27(10-23-17)8-14-24-16(25-29-14)11-6-19(21,7-11)12-2-4-13(20)5-3-12;1-2/h2-5,9-11H,6-8H2,1H3;1-2H3. The van der Waals surface area contributed by atoms with Gasteiger partial charge >= 0.3 is 0 Å². The molecule has 8 nitrogen and oxygen atoms in total. The molecule has 3 heterocycles. The Balaban J connectivity index is 0.00000112. The van der Waals surface area contributed by atoms with Crippen molar-refractivity contribution >= 4 is 11.2 Å². The van der Waals surface area contributed by atoms with E-state index < -0.39 is 11.5 Å². The third kappa shape index (κ3) is 3.73. The average molecular weight is 428 g/mol. The van der Waals surface area contributed by atoms with E-state index in [4.69, 9.17) is 4.52 Å². The van der Waals surface area contributed by atoms with E-state index in [1.54, 1.807) is 11.6 Å². The Morgan fingerprint density at radius 3 is 2.55 bits per heavy atom. The van der Waals surface area contributed by atoms with Crippen molar-refractivity contribution in [3.05, 3.63) is 70.4 Å². The molecule has 5 rings (SSSR count). The molecular formula is C21H22F2N6O2. The van der Waals surface area contributed by atoms with Gasteiger partial charge in [0.25, 0.3) is 5.56 Å². The topological polar surface area (TPSA) is 91.6 Å². The summed E-state index contributed by atoms with van der Waals surface area (Å²) in [7, 11) is 1.72. The molecule has 162 valence electrons. The lowest BCUT2D eigenvalue weighted by atomic mass is 9.68. The molecular weight excluding hydrogens is 406 g/mol. The van der Waals surface area contributed by atoms with Crippen molar-refractivity contribution in [3.63, 3.8) is 0 Å². The van der Waals surface area contributed by atoms with Crippen LogP contribution in [-0.4, -0.2) is 29.2 Å². The monoisotopic (exact) mass is 428 g/mol. The molecule has 0 bridgehead atoms. The van der Waals surface area contributed by atoms with Crippen molar-refractivity contribution in [3.8, 4) is 0 Å². The van der Waals surface area contributed by atoms with Gasteiger partial charge in [-0.2, -0.15) is 4.98 Å². The summed E-state index contributed by atoms with van der Waals surface area (Å²) in [5, 5.41) is 3.94. The van der Waals surface area contributed by atoms with E-state index in [-0.39, 0.29) is 36.8 Å². The van der Waals surface area contributed by atoms with Crippen LogP contribution in [0.4, 0.5) is 8.78 Å². The molecule has 0 atom stereocenters. The van der Waals surface area contributed by atoms with Gasteiger partial charge in [0, 0.05) is 13.0 Å². The molecule has 4 aromatic rings. The number of fused-ring (bicyclic) bond motifs is 1. The number of imidazole rings is 1. The van der Waals surface area contributed by atoms with Crippen LogP contribution in [0.5, 0.6) is 0 Å². The molecule has 0 spiro atoms. The fraction of sp³-hybridized carbons (Fsp3) is 0.381. The maximum atomic E-state index is 15.0. The largest absolute Gasteiger partial charge is 0.337 e. The van der Waals surface area contributed by atoms with Gasteiger partial charge in [-0.25, -0.2) is 18.7 Å². The van der Waals surface area contributed by atoms with Crippen LogP contribution in [0.15, 0.2) is 46.2 Å². The van der Waals surface area contributed by atoms with E-state index in [0.29, 0.717) is 22.6 Å². The molecule has 1 aliphatic rings. The quantitative estimate of drug-likeness (QED) is 0.494. The number of aryl methyl sites for hydroxylation is 1. The smallest absolute Gasteiger partial charge is 0.280 e. The molecule has 0 aliphatic heterocycles. The summed E-state index contributed by atoms with van der Waals surface area (Å²) in [6.07, 6.45) is 3.29. The first kappa shape index (κ1) is 20.8. The summed E-state index contributed by atoms with van der Waals surface area (Å²) in [5.41, 5.74) is -0.592. The van der Waals surface area contributed by atoms with Gasteiger partial charge in [-0.15, -0.1) is 0 Å². The molecule has 1 fully saturated rings. The predicted molar refractivity (Wildman–Crippen MR) is 109 cm³/mol. The van der Waals surface area contributed by atoms with E-state index in [9.17, 15) is 13.6 Å². The molecule has 0 amide bonds. The zero-order valence-corrected chi connectivity index (χ0v) is 17.4. The van der Waals surface area contributed by atoms with E-state index in [1.807, 2.05) is 13.8 Å². The van der Waals surface area contributed by atoms with Gasteiger partial charge in [0.1, 0.15) is 24.4 Å². The number of alkyl halides is 1. The van der Waals surface area contributed by atoms with Crippen molar-refractivity contribution in [2.45, 2.75) is 44.8 Å². The van der Waals surface area contributed by atoms with Crippen molar-refractivity contribution in [2.24, 2.45) is 7.05 Å². The number of halogens is 2. The maximum absolute atomic E-state index is 15.0. The Morgan fingerprint density at radius 1 is 1.16 bits per heavy atom. The molecule has 0 saturated heterocycles. The normalized spacial score (nSPS) is 20.2. The first-order chi connectivity index (χ1) is 14.9. The van der Waals surface area contributed by atoms with Crippen molar-refractivity contribution in [1.29, 1.82) is 0 Å². The minimum Gasteiger partial charge on any atom is -0.337 e. The van der Waals surface area contributed by atoms with E-state index in [0.717, 1.165) is 0 Å². The van der Waals surface area contributed by atoms with E-state index in [1.165, 1.54) is 41.5 Å². The van der Waals surface area contributed by atoms with Crippen molar-refractivity contribution in [2.75, 3.05) is 0 Å². The van der Waals surface area contributed by atoms with Crippen LogP contribution in [-0.2, 0) is 19.3 Å². The van der Waals surface area contributed by atoms with E-state index in [2.05, 4.69) is 20.1 Å². The third-order valence-corrected chi connectivity index (χ3v) is 5.36. The fourth-order valence-corrected chi connectivity index (χ4v) is 3.72. The molecule has 3 aromatic heterocycles. The summed E-state index contributed by atoms with van der Waals surface area (Å²) in [4.78, 5) is 25.1. The fourth-order valence-electron chi connectivity index (χ4n) is 3.72. The Bertz CT molecular complexity index is 1260. The van der Waals surface area contributed by atoms with Crippen LogP contribution in [0.2, 0.25) is 0 Å². The first-order valence-corrected chi connectivity index (χ1v) is 10.1. The molecule has 1 saturated carbocycles. The number of benzene rings is 1. The Hall–Kier alpha value is -3.43. The Morgan fingerprint density at radius 2 is 1.84 bits per heavy atom. The zero-order chi connectivity index (χ0) is 22.2. The van der Waals surface area contributed by atoms with Gasteiger partial charge in [0.05, 0.1) is 6.33 Å². The van der Waals surface area contributed by atoms with Gasteiger partial charge in [0.15, 0.2) is 17.0 Å². The average Bonchev–Trinajstić information content (AvgIpc) is 3.37. The molecule has 1 aliphatic carbocycles. The van der Waals surface area contributed by atoms with E-state index >= 15 is 0 Å². The molecule has 0 unspecified atom stereocenters. The molecule has 31 heavy (non-hydrogen) atoms. The summed E-state index contributed by atoms with van der Waals surface area (Å²) in [5.74, 6) is 0.0450. The van der Waals surface area contributed by atoms with Gasteiger partial charge in [-0.1, -0.05) is 31.1 Å². The third-order valence-electron chi connectivity index (χ3n) is 5.36. The highest BCUT2D eigenvalue weighted by molar-refractivity contribution is 5.68. The zero-order valence-electron chi connectivity index (χ0n) is 17.4. The minimum atomic E-state index is -1.52. The van der Waals surface area contributed by atoms with Crippen molar-refractivity contribution in [1.82, 2.24) is 29.2 Å². The highest BCUT2D eigenvalue weighted by Gasteiger charge is 2.48. The summed E-state index contributed by atoms with van der Waals surface area (Å²) >= 11 is 0. The van der Waals surface area contributed by atoms with Crippen LogP contribution in [0.1, 0.15) is 49.9 Å². The maximum Gasteiger partial charge on any atom is 0.280 e. The van der Waals surface area contributed by atoms with Crippen LogP contribution in [0.25, 0.3) is 11.2 Å². The molecule has 1 aromatic carbocycles. The second-order valence-corrected chi connectivity index (χ2v) is 7.33. The highest BCUT2D eigenvalue weighted by Crippen LogP contribution is 2.52. The Kier molecular flexibility index (Phi) is 5.38. The lowest BCUT2D eigenvalue weighted by Crippen LogP contribution is -2.36.